The van der Waals surface area contributed by atoms with E-state index in [9.17, 15) is 0 Å². The molecule has 2 aromatic heterocycles. The second kappa shape index (κ2) is 4.04. The first-order valence-corrected chi connectivity index (χ1v) is 5.93. The lowest BCUT2D eigenvalue weighted by Crippen LogP contribution is -1.97. The Hall–Kier alpha value is -1.55. The smallest absolute Gasteiger partial charge is 0.133 e. The molecule has 4 nitrogen and oxygen atoms in total. The summed E-state index contributed by atoms with van der Waals surface area (Å²) in [5, 5.41) is 0.472. The van der Waals surface area contributed by atoms with Gasteiger partial charge in [-0.05, 0) is 19.8 Å². The summed E-state index contributed by atoms with van der Waals surface area (Å²) in [5.41, 5.74) is 2.37. The molecule has 1 aliphatic rings. The van der Waals surface area contributed by atoms with Crippen molar-refractivity contribution in [2.75, 3.05) is 0 Å². The summed E-state index contributed by atoms with van der Waals surface area (Å²) in [7, 11) is 0. The van der Waals surface area contributed by atoms with Crippen LogP contribution >= 0.6 is 11.6 Å². The van der Waals surface area contributed by atoms with Gasteiger partial charge in [-0.25, -0.2) is 9.97 Å². The highest BCUT2D eigenvalue weighted by atomic mass is 35.5. The molecule has 1 aliphatic carbocycles. The SMILES string of the molecule is Cc1cnc(-c2cc(Cl)nc(C3CC3)n2)cn1. The zero-order valence-corrected chi connectivity index (χ0v) is 10.1. The molecule has 0 atom stereocenters. The van der Waals surface area contributed by atoms with E-state index in [-0.39, 0.29) is 0 Å². The van der Waals surface area contributed by atoms with E-state index in [1.165, 1.54) is 0 Å². The third-order valence-electron chi connectivity index (χ3n) is 2.70. The monoisotopic (exact) mass is 246 g/mol. The van der Waals surface area contributed by atoms with Crippen LogP contribution in [0.15, 0.2) is 18.5 Å². The fourth-order valence-corrected chi connectivity index (χ4v) is 1.81. The third-order valence-corrected chi connectivity index (χ3v) is 2.89. The van der Waals surface area contributed by atoms with E-state index in [1.54, 1.807) is 18.5 Å². The van der Waals surface area contributed by atoms with Gasteiger partial charge >= 0.3 is 0 Å². The lowest BCUT2D eigenvalue weighted by molar-refractivity contribution is 0.926. The lowest BCUT2D eigenvalue weighted by atomic mass is 10.3. The van der Waals surface area contributed by atoms with E-state index < -0.39 is 0 Å². The van der Waals surface area contributed by atoms with Gasteiger partial charge in [-0.3, -0.25) is 9.97 Å². The van der Waals surface area contributed by atoms with E-state index in [0.29, 0.717) is 11.1 Å². The molecule has 1 fully saturated rings. The van der Waals surface area contributed by atoms with Crippen molar-refractivity contribution in [2.24, 2.45) is 0 Å². The van der Waals surface area contributed by atoms with E-state index >= 15 is 0 Å². The maximum Gasteiger partial charge on any atom is 0.133 e. The van der Waals surface area contributed by atoms with Crippen molar-refractivity contribution in [3.05, 3.63) is 35.1 Å². The quantitative estimate of drug-likeness (QED) is 0.765. The molecule has 0 spiro atoms. The van der Waals surface area contributed by atoms with Crippen LogP contribution in [0.5, 0.6) is 0 Å². The van der Waals surface area contributed by atoms with Gasteiger partial charge in [-0.2, -0.15) is 0 Å². The minimum atomic E-state index is 0.472. The highest BCUT2D eigenvalue weighted by Crippen LogP contribution is 2.38. The van der Waals surface area contributed by atoms with Crippen molar-refractivity contribution in [3.8, 4) is 11.4 Å². The van der Waals surface area contributed by atoms with Crippen LogP contribution in [-0.2, 0) is 0 Å². The summed E-state index contributed by atoms with van der Waals surface area (Å²) in [6.45, 7) is 1.90. The third kappa shape index (κ3) is 2.26. The van der Waals surface area contributed by atoms with Crippen LogP contribution in [0.1, 0.15) is 30.3 Å². The summed E-state index contributed by atoms with van der Waals surface area (Å²) in [6.07, 6.45) is 5.74. The van der Waals surface area contributed by atoms with Crippen molar-refractivity contribution < 1.29 is 0 Å². The molecule has 0 aromatic carbocycles. The van der Waals surface area contributed by atoms with E-state index in [4.69, 9.17) is 11.6 Å². The molecule has 17 heavy (non-hydrogen) atoms. The predicted octanol–water partition coefficient (Wildman–Crippen LogP) is 2.77. The number of hydrogen-bond donors (Lipinski definition) is 0. The minimum Gasteiger partial charge on any atom is -0.258 e. The highest BCUT2D eigenvalue weighted by molar-refractivity contribution is 6.29. The van der Waals surface area contributed by atoms with Gasteiger partial charge in [0.1, 0.15) is 16.7 Å². The molecule has 0 unspecified atom stereocenters. The Kier molecular flexibility index (Phi) is 2.52. The van der Waals surface area contributed by atoms with Crippen molar-refractivity contribution in [1.29, 1.82) is 0 Å². The molecule has 0 amide bonds. The van der Waals surface area contributed by atoms with Gasteiger partial charge < -0.3 is 0 Å². The molecule has 0 aliphatic heterocycles. The van der Waals surface area contributed by atoms with Gasteiger partial charge in [0.15, 0.2) is 0 Å². The predicted molar refractivity (Wildman–Crippen MR) is 64.8 cm³/mol. The zero-order valence-electron chi connectivity index (χ0n) is 9.39. The summed E-state index contributed by atoms with van der Waals surface area (Å²) in [6, 6.07) is 1.73. The van der Waals surface area contributed by atoms with Gasteiger partial charge in [0, 0.05) is 18.2 Å². The number of rotatable bonds is 2. The summed E-state index contributed by atoms with van der Waals surface area (Å²) >= 11 is 6.00. The standard InChI is InChI=1S/C12H11ClN4/c1-7-5-15-10(6-14-7)9-4-11(13)17-12(16-9)8-2-3-8/h4-6,8H,2-3H2,1H3. The Labute approximate surface area is 104 Å². The number of hydrogen-bond acceptors (Lipinski definition) is 4. The van der Waals surface area contributed by atoms with Crippen LogP contribution in [0.4, 0.5) is 0 Å². The topological polar surface area (TPSA) is 51.6 Å². The maximum atomic E-state index is 6.00. The lowest BCUT2D eigenvalue weighted by Gasteiger charge is -2.03. The Morgan fingerprint density at radius 2 is 1.94 bits per heavy atom. The van der Waals surface area contributed by atoms with Gasteiger partial charge in [0.25, 0.3) is 0 Å². The van der Waals surface area contributed by atoms with E-state index in [0.717, 1.165) is 35.7 Å². The van der Waals surface area contributed by atoms with Gasteiger partial charge in [-0.15, -0.1) is 0 Å². The van der Waals surface area contributed by atoms with Crippen LogP contribution in [0.25, 0.3) is 11.4 Å². The van der Waals surface area contributed by atoms with Crippen molar-refractivity contribution in [1.82, 2.24) is 19.9 Å². The Bertz CT molecular complexity index is 549. The van der Waals surface area contributed by atoms with Gasteiger partial charge in [-0.1, -0.05) is 11.6 Å². The number of halogens is 1. The van der Waals surface area contributed by atoms with Crippen molar-refractivity contribution >= 4 is 11.6 Å². The van der Waals surface area contributed by atoms with Crippen LogP contribution in [0.3, 0.4) is 0 Å². The van der Waals surface area contributed by atoms with Crippen LogP contribution in [0, 0.1) is 6.92 Å². The first-order chi connectivity index (χ1) is 8.22. The summed E-state index contributed by atoms with van der Waals surface area (Å²) in [4.78, 5) is 17.3. The minimum absolute atomic E-state index is 0.472. The number of aromatic nitrogens is 4. The fourth-order valence-electron chi connectivity index (χ4n) is 1.62. The van der Waals surface area contributed by atoms with Crippen molar-refractivity contribution in [2.45, 2.75) is 25.7 Å². The zero-order chi connectivity index (χ0) is 11.8. The normalized spacial score (nSPS) is 14.9. The van der Waals surface area contributed by atoms with E-state index in [1.807, 2.05) is 6.92 Å². The second-order valence-electron chi connectivity index (χ2n) is 4.25. The summed E-state index contributed by atoms with van der Waals surface area (Å²) in [5.74, 6) is 1.31. The maximum absolute atomic E-state index is 6.00. The van der Waals surface area contributed by atoms with E-state index in [2.05, 4.69) is 19.9 Å². The molecular formula is C12H11ClN4. The highest BCUT2D eigenvalue weighted by Gasteiger charge is 2.27. The molecule has 1 saturated carbocycles. The first kappa shape index (κ1) is 10.6. The fraction of sp³-hybridized carbons (Fsp3) is 0.333. The van der Waals surface area contributed by atoms with Gasteiger partial charge in [0.2, 0.25) is 0 Å². The van der Waals surface area contributed by atoms with Crippen molar-refractivity contribution in [3.63, 3.8) is 0 Å². The van der Waals surface area contributed by atoms with Crippen LogP contribution in [0.2, 0.25) is 5.15 Å². The molecule has 0 bridgehead atoms. The molecule has 3 rings (SSSR count). The van der Waals surface area contributed by atoms with Crippen LogP contribution < -0.4 is 0 Å². The molecule has 5 heteroatoms. The molecule has 86 valence electrons. The number of nitrogens with zero attached hydrogens (tertiary/aromatic N) is 4. The average molecular weight is 247 g/mol. The first-order valence-electron chi connectivity index (χ1n) is 5.56. The molecule has 0 radical (unpaired) electrons. The Balaban J connectivity index is 2.04. The Morgan fingerprint density at radius 3 is 2.59 bits per heavy atom. The average Bonchev–Trinajstić information content (AvgIpc) is 3.13. The van der Waals surface area contributed by atoms with Crippen LogP contribution in [-0.4, -0.2) is 19.9 Å². The molecule has 0 saturated heterocycles. The molecule has 0 N–H and O–H groups in total. The Morgan fingerprint density at radius 1 is 1.12 bits per heavy atom. The number of aryl methyl sites for hydroxylation is 1. The molecule has 2 heterocycles. The largest absolute Gasteiger partial charge is 0.258 e. The van der Waals surface area contributed by atoms with Gasteiger partial charge in [0.05, 0.1) is 17.6 Å². The summed E-state index contributed by atoms with van der Waals surface area (Å²) < 4.78 is 0. The molecule has 2 aromatic rings. The molecular weight excluding hydrogens is 236 g/mol. The second-order valence-corrected chi connectivity index (χ2v) is 4.64.